The molecule has 1 heterocycles. The third kappa shape index (κ3) is 6.45. The van der Waals surface area contributed by atoms with Crippen molar-refractivity contribution in [1.29, 1.82) is 0 Å². The van der Waals surface area contributed by atoms with Crippen LogP contribution in [-0.2, 0) is 16.0 Å². The molecule has 1 atom stereocenters. The molecule has 1 aliphatic heterocycles. The van der Waals surface area contributed by atoms with E-state index in [0.29, 0.717) is 29.5 Å². The molecule has 1 saturated heterocycles. The summed E-state index contributed by atoms with van der Waals surface area (Å²) in [5.41, 5.74) is 1.92. The van der Waals surface area contributed by atoms with Gasteiger partial charge in [-0.3, -0.25) is 14.5 Å². The number of aliphatic imine (C=N–C) groups is 1. The van der Waals surface area contributed by atoms with Gasteiger partial charge in [-0.2, -0.15) is 0 Å². The monoisotopic (exact) mass is 495 g/mol. The molecule has 0 saturated carbocycles. The van der Waals surface area contributed by atoms with Gasteiger partial charge in [-0.1, -0.05) is 23.9 Å². The number of amidine groups is 1. The molecule has 9 heteroatoms. The summed E-state index contributed by atoms with van der Waals surface area (Å²) in [6, 6.07) is 18.6. The lowest BCUT2D eigenvalue weighted by Gasteiger charge is -2.32. The molecule has 4 rings (SSSR count). The van der Waals surface area contributed by atoms with Gasteiger partial charge in [-0.25, -0.2) is 13.8 Å². The Bertz CT molecular complexity index is 1220. The Labute approximate surface area is 206 Å². The highest BCUT2D eigenvalue weighted by atomic mass is 32.2. The van der Waals surface area contributed by atoms with Gasteiger partial charge < -0.3 is 10.1 Å². The van der Waals surface area contributed by atoms with Crippen molar-refractivity contribution in [2.24, 2.45) is 4.99 Å². The van der Waals surface area contributed by atoms with Gasteiger partial charge in [0.05, 0.1) is 12.8 Å². The molecule has 6 nitrogen and oxygen atoms in total. The Morgan fingerprint density at radius 2 is 1.66 bits per heavy atom. The lowest BCUT2D eigenvalue weighted by Crippen LogP contribution is -2.46. The molecular formula is C26H23F2N3O3S. The van der Waals surface area contributed by atoms with Crippen LogP contribution in [0.1, 0.15) is 12.0 Å². The van der Waals surface area contributed by atoms with E-state index in [2.05, 4.69) is 10.3 Å². The third-order valence-electron chi connectivity index (χ3n) is 5.38. The van der Waals surface area contributed by atoms with E-state index in [-0.39, 0.29) is 18.2 Å². The molecule has 0 unspecified atom stereocenters. The standard InChI is InChI=1S/C26H23F2N3O3S/c1-34-22-12-2-17(3-13-22)14-15-31-24(32)16-23(25(33)29-20-8-4-18(27)5-9-20)35-26(31)30-21-10-6-19(28)7-11-21/h2-13,23H,14-16H2,1H3,(H,29,33)/t23-/m0/s1. The third-order valence-corrected chi connectivity index (χ3v) is 6.57. The number of amides is 2. The SMILES string of the molecule is COc1ccc(CCN2C(=O)C[C@@H](C(=O)Nc3ccc(F)cc3)SC2=Nc2ccc(F)cc2)cc1. The van der Waals surface area contributed by atoms with Crippen LogP contribution in [0.15, 0.2) is 77.8 Å². The maximum Gasteiger partial charge on any atom is 0.238 e. The molecule has 0 radical (unpaired) electrons. The van der Waals surface area contributed by atoms with Crippen molar-refractivity contribution in [3.63, 3.8) is 0 Å². The van der Waals surface area contributed by atoms with Crippen LogP contribution in [0.3, 0.4) is 0 Å². The first-order valence-corrected chi connectivity index (χ1v) is 11.8. The largest absolute Gasteiger partial charge is 0.497 e. The van der Waals surface area contributed by atoms with Gasteiger partial charge in [0.1, 0.15) is 22.6 Å². The van der Waals surface area contributed by atoms with Gasteiger partial charge in [-0.15, -0.1) is 0 Å². The highest BCUT2D eigenvalue weighted by molar-refractivity contribution is 8.15. The molecule has 35 heavy (non-hydrogen) atoms. The van der Waals surface area contributed by atoms with Gasteiger partial charge in [0.15, 0.2) is 5.17 Å². The smallest absolute Gasteiger partial charge is 0.238 e. The van der Waals surface area contributed by atoms with Gasteiger partial charge in [0.25, 0.3) is 0 Å². The molecule has 0 aromatic heterocycles. The maximum absolute atomic E-state index is 13.4. The maximum atomic E-state index is 13.4. The Kier molecular flexibility index (Phi) is 7.77. The van der Waals surface area contributed by atoms with Crippen molar-refractivity contribution in [3.8, 4) is 5.75 Å². The number of halogens is 2. The minimum Gasteiger partial charge on any atom is -0.497 e. The summed E-state index contributed by atoms with van der Waals surface area (Å²) in [7, 11) is 1.60. The van der Waals surface area contributed by atoms with Crippen LogP contribution in [0.25, 0.3) is 0 Å². The quantitative estimate of drug-likeness (QED) is 0.491. The summed E-state index contributed by atoms with van der Waals surface area (Å²) in [4.78, 5) is 32.1. The van der Waals surface area contributed by atoms with Crippen LogP contribution >= 0.6 is 11.8 Å². The number of carbonyl (C=O) groups excluding carboxylic acids is 2. The summed E-state index contributed by atoms with van der Waals surface area (Å²) < 4.78 is 31.7. The number of rotatable bonds is 7. The number of thioether (sulfide) groups is 1. The fourth-order valence-electron chi connectivity index (χ4n) is 3.48. The number of methoxy groups -OCH3 is 1. The molecular weight excluding hydrogens is 472 g/mol. The molecule has 180 valence electrons. The second-order valence-electron chi connectivity index (χ2n) is 7.82. The Balaban J connectivity index is 1.53. The first-order valence-electron chi connectivity index (χ1n) is 10.9. The fourth-order valence-corrected chi connectivity index (χ4v) is 4.60. The Morgan fingerprint density at radius 1 is 1.03 bits per heavy atom. The fraction of sp³-hybridized carbons (Fsp3) is 0.192. The first kappa shape index (κ1) is 24.4. The van der Waals surface area contributed by atoms with Gasteiger partial charge >= 0.3 is 0 Å². The van der Waals surface area contributed by atoms with Crippen LogP contribution < -0.4 is 10.1 Å². The number of carbonyl (C=O) groups is 2. The second kappa shape index (κ2) is 11.1. The van der Waals surface area contributed by atoms with Crippen LogP contribution in [0.2, 0.25) is 0 Å². The van der Waals surface area contributed by atoms with Crippen LogP contribution in [0.5, 0.6) is 5.75 Å². The van der Waals surface area contributed by atoms with Crippen molar-refractivity contribution in [3.05, 3.63) is 90.0 Å². The second-order valence-corrected chi connectivity index (χ2v) is 8.99. The molecule has 0 aliphatic carbocycles. The summed E-state index contributed by atoms with van der Waals surface area (Å²) in [6.45, 7) is 0.366. The zero-order chi connectivity index (χ0) is 24.8. The first-order chi connectivity index (χ1) is 16.9. The van der Waals surface area contributed by atoms with Crippen LogP contribution in [0.4, 0.5) is 20.2 Å². The number of anilines is 1. The van der Waals surface area contributed by atoms with E-state index in [1.54, 1.807) is 12.0 Å². The number of benzene rings is 3. The van der Waals surface area contributed by atoms with Crippen LogP contribution in [-0.4, -0.2) is 40.8 Å². The minimum absolute atomic E-state index is 0.0112. The molecule has 1 fully saturated rings. The number of nitrogens with one attached hydrogen (secondary N) is 1. The number of nitrogens with zero attached hydrogens (tertiary/aromatic N) is 2. The van der Waals surface area contributed by atoms with Crippen molar-refractivity contribution in [1.82, 2.24) is 4.90 Å². The summed E-state index contributed by atoms with van der Waals surface area (Å²) in [5.74, 6) is -0.679. The summed E-state index contributed by atoms with van der Waals surface area (Å²) in [5, 5.41) is 2.36. The molecule has 3 aromatic rings. The Hall–Kier alpha value is -3.72. The summed E-state index contributed by atoms with van der Waals surface area (Å²) >= 11 is 1.17. The van der Waals surface area contributed by atoms with Crippen molar-refractivity contribution in [2.45, 2.75) is 18.1 Å². The molecule has 3 aromatic carbocycles. The average Bonchev–Trinajstić information content (AvgIpc) is 2.86. The zero-order valence-corrected chi connectivity index (χ0v) is 19.7. The normalized spacial score (nSPS) is 16.9. The van der Waals surface area contributed by atoms with E-state index in [9.17, 15) is 18.4 Å². The lowest BCUT2D eigenvalue weighted by atomic mass is 10.1. The zero-order valence-electron chi connectivity index (χ0n) is 18.9. The van der Waals surface area contributed by atoms with E-state index < -0.39 is 16.9 Å². The van der Waals surface area contributed by atoms with Gasteiger partial charge in [0, 0.05) is 18.7 Å². The molecule has 0 bridgehead atoms. The average molecular weight is 496 g/mol. The Morgan fingerprint density at radius 3 is 2.29 bits per heavy atom. The predicted molar refractivity (Wildman–Crippen MR) is 133 cm³/mol. The number of hydrogen-bond acceptors (Lipinski definition) is 5. The van der Waals surface area contributed by atoms with E-state index in [1.165, 1.54) is 60.3 Å². The van der Waals surface area contributed by atoms with Crippen molar-refractivity contribution < 1.29 is 23.1 Å². The van der Waals surface area contributed by atoms with Crippen LogP contribution in [0, 0.1) is 11.6 Å². The number of ether oxygens (including phenoxy) is 1. The molecule has 1 N–H and O–H groups in total. The van der Waals surface area contributed by atoms with E-state index in [4.69, 9.17) is 4.74 Å². The van der Waals surface area contributed by atoms with E-state index >= 15 is 0 Å². The predicted octanol–water partition coefficient (Wildman–Crippen LogP) is 5.18. The van der Waals surface area contributed by atoms with Gasteiger partial charge in [0.2, 0.25) is 11.8 Å². The molecule has 2 amide bonds. The number of hydrogen-bond donors (Lipinski definition) is 1. The van der Waals surface area contributed by atoms with Crippen molar-refractivity contribution in [2.75, 3.05) is 19.0 Å². The highest BCUT2D eigenvalue weighted by Gasteiger charge is 2.35. The highest BCUT2D eigenvalue weighted by Crippen LogP contribution is 2.30. The van der Waals surface area contributed by atoms with Gasteiger partial charge in [-0.05, 0) is 72.6 Å². The van der Waals surface area contributed by atoms with E-state index in [1.807, 2.05) is 24.3 Å². The summed E-state index contributed by atoms with van der Waals surface area (Å²) in [6.07, 6.45) is 0.563. The molecule has 1 aliphatic rings. The molecule has 0 spiro atoms. The van der Waals surface area contributed by atoms with E-state index in [0.717, 1.165) is 11.3 Å². The minimum atomic E-state index is -0.719. The lowest BCUT2D eigenvalue weighted by molar-refractivity contribution is -0.129. The topological polar surface area (TPSA) is 71.0 Å². The van der Waals surface area contributed by atoms with Crippen molar-refractivity contribution >= 4 is 40.1 Å².